The second-order valence-electron chi connectivity index (χ2n) is 10.5. The van der Waals surface area contributed by atoms with Gasteiger partial charge in [-0.05, 0) is 59.7 Å². The highest BCUT2D eigenvalue weighted by Crippen LogP contribution is 2.58. The van der Waals surface area contributed by atoms with E-state index < -0.39 is 35.0 Å². The van der Waals surface area contributed by atoms with Crippen LogP contribution in [0.4, 0.5) is 15.8 Å². The summed E-state index contributed by atoms with van der Waals surface area (Å²) in [4.78, 5) is 45.6. The zero-order valence-corrected chi connectivity index (χ0v) is 22.1. The Kier molecular flexibility index (Phi) is 5.64. The van der Waals surface area contributed by atoms with Gasteiger partial charge in [-0.1, -0.05) is 60.7 Å². The van der Waals surface area contributed by atoms with Gasteiger partial charge in [-0.15, -0.1) is 0 Å². The fraction of sp³-hybridized carbons (Fsp3) is 0.147. The van der Waals surface area contributed by atoms with Crippen LogP contribution in [0.2, 0.25) is 0 Å². The maximum Gasteiger partial charge on any atom is 0.238 e. The molecule has 3 aliphatic rings. The standard InChI is InChI=1S/C34H25FN2O4/c1-41-24-9-6-8-22(19-24)32(39)30-29(31(38)21-13-16-23(35)17-14-21)34(25-10-3-4-11-26(25)36-33(34)40)28-18-15-20-7-2-5-12-27(20)37(28)30/h2-19,28-30H,1H3,(H,36,40)/t28-,29-,30+,34-/m1/s1. The Balaban J connectivity index is 1.53. The number of methoxy groups -OCH3 is 1. The molecule has 4 atom stereocenters. The molecule has 1 amide bonds. The van der Waals surface area contributed by atoms with Gasteiger partial charge in [-0.25, -0.2) is 4.39 Å². The number of hydrogen-bond donors (Lipinski definition) is 1. The normalized spacial score (nSPS) is 23.5. The van der Waals surface area contributed by atoms with E-state index in [0.29, 0.717) is 22.6 Å². The molecule has 7 rings (SSSR count). The van der Waals surface area contributed by atoms with E-state index in [1.54, 1.807) is 24.3 Å². The first-order chi connectivity index (χ1) is 19.9. The molecule has 41 heavy (non-hydrogen) atoms. The van der Waals surface area contributed by atoms with Crippen LogP contribution in [0.5, 0.6) is 5.75 Å². The third-order valence-corrected chi connectivity index (χ3v) is 8.58. The maximum absolute atomic E-state index is 14.7. The molecule has 202 valence electrons. The van der Waals surface area contributed by atoms with Crippen LogP contribution in [0.1, 0.15) is 31.8 Å². The van der Waals surface area contributed by atoms with Gasteiger partial charge in [0.15, 0.2) is 11.6 Å². The van der Waals surface area contributed by atoms with Gasteiger partial charge in [0.2, 0.25) is 5.91 Å². The van der Waals surface area contributed by atoms with E-state index in [9.17, 15) is 18.8 Å². The van der Waals surface area contributed by atoms with E-state index in [2.05, 4.69) is 5.32 Å². The first kappa shape index (κ1) is 25.0. The topological polar surface area (TPSA) is 75.7 Å². The number of fused-ring (bicyclic) bond motifs is 6. The van der Waals surface area contributed by atoms with Gasteiger partial charge in [-0.2, -0.15) is 0 Å². The first-order valence-electron chi connectivity index (χ1n) is 13.4. The smallest absolute Gasteiger partial charge is 0.238 e. The number of nitrogens with one attached hydrogen (secondary N) is 1. The van der Waals surface area contributed by atoms with Gasteiger partial charge in [-0.3, -0.25) is 14.4 Å². The fourth-order valence-corrected chi connectivity index (χ4v) is 6.86. The lowest BCUT2D eigenvalue weighted by atomic mass is 9.64. The van der Waals surface area contributed by atoms with Crippen LogP contribution in [-0.2, 0) is 10.2 Å². The number of amides is 1. The van der Waals surface area contributed by atoms with Crippen molar-refractivity contribution in [1.29, 1.82) is 0 Å². The molecule has 7 heteroatoms. The Morgan fingerprint density at radius 2 is 1.63 bits per heavy atom. The highest BCUT2D eigenvalue weighted by Gasteiger charge is 2.70. The van der Waals surface area contributed by atoms with Gasteiger partial charge in [0.25, 0.3) is 0 Å². The number of hydrogen-bond acceptors (Lipinski definition) is 5. The zero-order chi connectivity index (χ0) is 28.3. The number of nitrogens with zero attached hydrogens (tertiary/aromatic N) is 1. The van der Waals surface area contributed by atoms with Gasteiger partial charge in [0.05, 0.1) is 19.1 Å². The molecule has 0 aliphatic carbocycles. The van der Waals surface area contributed by atoms with Crippen molar-refractivity contribution >= 4 is 34.9 Å². The number of carbonyl (C=O) groups is 3. The minimum Gasteiger partial charge on any atom is -0.497 e. The number of Topliss-reactive ketones (excluding diaryl/α,β-unsaturated/α-hetero) is 2. The Bertz CT molecular complexity index is 1760. The predicted octanol–water partition coefficient (Wildman–Crippen LogP) is 5.69. The zero-order valence-electron chi connectivity index (χ0n) is 22.1. The largest absolute Gasteiger partial charge is 0.497 e. The Hall–Kier alpha value is -5.04. The van der Waals surface area contributed by atoms with Gasteiger partial charge >= 0.3 is 0 Å². The molecule has 1 spiro atoms. The van der Waals surface area contributed by atoms with Crippen molar-refractivity contribution in [2.45, 2.75) is 17.5 Å². The van der Waals surface area contributed by atoms with E-state index in [0.717, 1.165) is 11.3 Å². The van der Waals surface area contributed by atoms with Crippen LogP contribution in [0.15, 0.2) is 103 Å². The minimum atomic E-state index is -1.43. The fourth-order valence-electron chi connectivity index (χ4n) is 6.86. The summed E-state index contributed by atoms with van der Waals surface area (Å²) in [6, 6.07) is 25.4. The van der Waals surface area contributed by atoms with Crippen molar-refractivity contribution in [1.82, 2.24) is 0 Å². The van der Waals surface area contributed by atoms with Gasteiger partial charge in [0, 0.05) is 22.5 Å². The summed E-state index contributed by atoms with van der Waals surface area (Å²) >= 11 is 0. The first-order valence-corrected chi connectivity index (χ1v) is 13.4. The summed E-state index contributed by atoms with van der Waals surface area (Å²) in [6.07, 6.45) is 3.87. The van der Waals surface area contributed by atoms with Crippen molar-refractivity contribution in [3.05, 3.63) is 131 Å². The SMILES string of the molecule is COc1cccc(C(=O)[C@@H]2[C@H](C(=O)c3ccc(F)cc3)[C@]3(C(=O)Nc4ccccc43)[C@H]3C=Cc4ccccc4N23)c1. The third-order valence-electron chi connectivity index (χ3n) is 8.58. The summed E-state index contributed by atoms with van der Waals surface area (Å²) in [5.41, 5.74) is 2.07. The number of carbonyl (C=O) groups excluding carboxylic acids is 3. The van der Waals surface area contributed by atoms with Crippen molar-refractivity contribution in [3.8, 4) is 5.75 Å². The summed E-state index contributed by atoms with van der Waals surface area (Å²) < 4.78 is 19.3. The molecule has 1 saturated heterocycles. The summed E-state index contributed by atoms with van der Waals surface area (Å²) in [5.74, 6) is -2.17. The summed E-state index contributed by atoms with van der Waals surface area (Å²) in [6.45, 7) is 0. The number of benzene rings is 4. The molecule has 4 aromatic rings. The molecule has 1 N–H and O–H groups in total. The summed E-state index contributed by atoms with van der Waals surface area (Å²) in [5, 5.41) is 3.01. The Morgan fingerprint density at radius 1 is 0.878 bits per heavy atom. The van der Waals surface area contributed by atoms with Crippen LogP contribution < -0.4 is 15.0 Å². The number of halogens is 1. The number of para-hydroxylation sites is 2. The van der Waals surface area contributed by atoms with Crippen LogP contribution in [-0.4, -0.2) is 36.7 Å². The van der Waals surface area contributed by atoms with Crippen molar-refractivity contribution in [3.63, 3.8) is 0 Å². The maximum atomic E-state index is 14.7. The van der Waals surface area contributed by atoms with E-state index in [1.165, 1.54) is 31.4 Å². The second-order valence-corrected chi connectivity index (χ2v) is 10.5. The Morgan fingerprint density at radius 3 is 2.44 bits per heavy atom. The lowest BCUT2D eigenvalue weighted by Gasteiger charge is -2.37. The average molecular weight is 545 g/mol. The molecule has 3 aliphatic heterocycles. The molecular weight excluding hydrogens is 519 g/mol. The molecule has 3 heterocycles. The molecule has 0 radical (unpaired) electrons. The molecule has 6 nitrogen and oxygen atoms in total. The van der Waals surface area contributed by atoms with E-state index in [-0.39, 0.29) is 17.3 Å². The number of anilines is 2. The molecular formula is C34H25FN2O4. The van der Waals surface area contributed by atoms with E-state index in [4.69, 9.17) is 4.74 Å². The number of ether oxygens (including phenoxy) is 1. The van der Waals surface area contributed by atoms with Crippen LogP contribution in [0.3, 0.4) is 0 Å². The Labute approximate surface area is 236 Å². The molecule has 0 bridgehead atoms. The van der Waals surface area contributed by atoms with Crippen LogP contribution in [0, 0.1) is 11.7 Å². The quantitative estimate of drug-likeness (QED) is 0.327. The number of ketones is 2. The van der Waals surface area contributed by atoms with Crippen LogP contribution in [0.25, 0.3) is 6.08 Å². The second kappa shape index (κ2) is 9.27. The van der Waals surface area contributed by atoms with Crippen LogP contribution >= 0.6 is 0 Å². The lowest BCUT2D eigenvalue weighted by Crippen LogP contribution is -2.51. The molecule has 0 aromatic heterocycles. The molecule has 1 fully saturated rings. The van der Waals surface area contributed by atoms with Crippen molar-refractivity contribution in [2.75, 3.05) is 17.3 Å². The lowest BCUT2D eigenvalue weighted by molar-refractivity contribution is -0.121. The molecule has 4 aromatic carbocycles. The van der Waals surface area contributed by atoms with Crippen molar-refractivity contribution in [2.24, 2.45) is 5.92 Å². The predicted molar refractivity (Wildman–Crippen MR) is 154 cm³/mol. The monoisotopic (exact) mass is 544 g/mol. The van der Waals surface area contributed by atoms with E-state index >= 15 is 0 Å². The molecule has 0 saturated carbocycles. The average Bonchev–Trinajstić information content (AvgIpc) is 3.49. The van der Waals surface area contributed by atoms with E-state index in [1.807, 2.05) is 65.6 Å². The van der Waals surface area contributed by atoms with Gasteiger partial charge in [0.1, 0.15) is 23.0 Å². The van der Waals surface area contributed by atoms with Gasteiger partial charge < -0.3 is 15.0 Å². The molecule has 0 unspecified atom stereocenters. The highest BCUT2D eigenvalue weighted by atomic mass is 19.1. The number of rotatable bonds is 5. The minimum absolute atomic E-state index is 0.230. The van der Waals surface area contributed by atoms with Crippen molar-refractivity contribution < 1.29 is 23.5 Å². The third kappa shape index (κ3) is 3.51. The highest BCUT2D eigenvalue weighted by molar-refractivity contribution is 6.18. The summed E-state index contributed by atoms with van der Waals surface area (Å²) in [7, 11) is 1.52.